The highest BCUT2D eigenvalue weighted by molar-refractivity contribution is 8.26. The largest absolute Gasteiger partial charge is 0.285 e. The van der Waals surface area contributed by atoms with Crippen LogP contribution in [0, 0.1) is 27.7 Å². The molecule has 4 aromatic rings. The Hall–Kier alpha value is -4.01. The second-order valence-corrected chi connectivity index (χ2v) is 11.0. The summed E-state index contributed by atoms with van der Waals surface area (Å²) in [4.78, 5) is 26.5. The maximum absolute atomic E-state index is 13.4. The molecule has 0 bridgehead atoms. The average Bonchev–Trinajstić information content (AvgIpc) is 3.40. The van der Waals surface area contributed by atoms with Crippen LogP contribution in [0.4, 0.5) is 0 Å². The van der Waals surface area contributed by atoms with E-state index in [1.165, 1.54) is 5.56 Å². The van der Waals surface area contributed by atoms with Crippen LogP contribution in [0.1, 0.15) is 38.2 Å². The van der Waals surface area contributed by atoms with Gasteiger partial charge in [-0.15, -0.1) is 0 Å². The van der Waals surface area contributed by atoms with E-state index in [1.807, 2.05) is 60.3 Å². The maximum atomic E-state index is 13.4. The molecule has 0 unspecified atom stereocenters. The number of hydrazine groups is 1. The van der Waals surface area contributed by atoms with Gasteiger partial charge in [-0.1, -0.05) is 65.4 Å². The zero-order valence-corrected chi connectivity index (χ0v) is 23.1. The first-order valence-corrected chi connectivity index (χ1v) is 13.3. The van der Waals surface area contributed by atoms with E-state index in [9.17, 15) is 9.59 Å². The first-order chi connectivity index (χ1) is 18.2. The van der Waals surface area contributed by atoms with Crippen molar-refractivity contribution in [3.63, 3.8) is 0 Å². The highest BCUT2D eigenvalue weighted by Crippen LogP contribution is 2.36. The fraction of sp³-hybridized carbons (Fsp3) is 0.133. The van der Waals surface area contributed by atoms with E-state index in [0.717, 1.165) is 56.0 Å². The molecule has 0 spiro atoms. The number of thioether (sulfide) groups is 1. The van der Waals surface area contributed by atoms with Gasteiger partial charge in [0.05, 0.1) is 10.6 Å². The molecule has 5 rings (SSSR count). The first-order valence-electron chi connectivity index (χ1n) is 12.1. The molecule has 2 amide bonds. The monoisotopic (exact) mass is 538 g/mol. The number of carbonyl (C=O) groups is 2. The second-order valence-electron chi connectivity index (χ2n) is 9.31. The molecule has 1 aromatic heterocycles. The number of hydrogen-bond donors (Lipinski definition) is 1. The number of para-hydroxylation sites is 1. The van der Waals surface area contributed by atoms with E-state index in [-0.39, 0.29) is 10.2 Å². The molecule has 6 nitrogen and oxygen atoms in total. The molecule has 0 saturated carbocycles. The fourth-order valence-electron chi connectivity index (χ4n) is 4.53. The number of carbonyl (C=O) groups excluding carboxylic acids is 2. The van der Waals surface area contributed by atoms with Crippen molar-refractivity contribution in [3.8, 4) is 16.9 Å². The molecule has 8 heteroatoms. The number of amides is 2. The molecule has 0 radical (unpaired) electrons. The van der Waals surface area contributed by atoms with Gasteiger partial charge < -0.3 is 0 Å². The number of benzene rings is 3. The van der Waals surface area contributed by atoms with Gasteiger partial charge in [-0.3, -0.25) is 15.0 Å². The normalized spacial score (nSPS) is 14.4. The molecule has 2 heterocycles. The first kappa shape index (κ1) is 25.6. The van der Waals surface area contributed by atoms with E-state index in [4.69, 9.17) is 17.3 Å². The summed E-state index contributed by atoms with van der Waals surface area (Å²) in [7, 11) is 0. The molecule has 1 aliphatic heterocycles. The topological polar surface area (TPSA) is 67.2 Å². The minimum atomic E-state index is -0.397. The van der Waals surface area contributed by atoms with Crippen molar-refractivity contribution in [2.24, 2.45) is 0 Å². The van der Waals surface area contributed by atoms with Crippen molar-refractivity contribution < 1.29 is 9.59 Å². The minimum absolute atomic E-state index is 0.265. The fourth-order valence-corrected chi connectivity index (χ4v) is 5.70. The Morgan fingerprint density at radius 1 is 0.947 bits per heavy atom. The van der Waals surface area contributed by atoms with Crippen LogP contribution in [0.2, 0.25) is 0 Å². The number of nitrogens with zero attached hydrogens (tertiary/aromatic N) is 3. The lowest BCUT2D eigenvalue weighted by Gasteiger charge is -2.15. The van der Waals surface area contributed by atoms with Gasteiger partial charge >= 0.3 is 0 Å². The van der Waals surface area contributed by atoms with Crippen LogP contribution in [0.5, 0.6) is 0 Å². The SMILES string of the molecule is Cc1ccc(C(=O)NN2C(=O)/C(=C\c3cn(-c4ccccc4)nc3-c3c(C)cc(C)cc3C)SC2=S)cc1. The summed E-state index contributed by atoms with van der Waals surface area (Å²) in [6.45, 7) is 8.16. The van der Waals surface area contributed by atoms with Gasteiger partial charge in [0.25, 0.3) is 11.8 Å². The molecule has 1 N–H and O–H groups in total. The van der Waals surface area contributed by atoms with Gasteiger partial charge in [0, 0.05) is 22.9 Å². The molecule has 1 fully saturated rings. The van der Waals surface area contributed by atoms with Crippen molar-refractivity contribution in [3.05, 3.63) is 111 Å². The van der Waals surface area contributed by atoms with Gasteiger partial charge in [-0.25, -0.2) is 4.68 Å². The Morgan fingerprint density at radius 3 is 2.26 bits per heavy atom. The third-order valence-corrected chi connectivity index (χ3v) is 7.59. The Kier molecular flexibility index (Phi) is 7.01. The Morgan fingerprint density at radius 2 is 1.61 bits per heavy atom. The molecule has 38 heavy (non-hydrogen) atoms. The van der Waals surface area contributed by atoms with Gasteiger partial charge in [0.15, 0.2) is 4.32 Å². The molecule has 0 atom stereocenters. The van der Waals surface area contributed by atoms with E-state index in [0.29, 0.717) is 10.5 Å². The average molecular weight is 539 g/mol. The molecule has 190 valence electrons. The van der Waals surface area contributed by atoms with Gasteiger partial charge in [0.2, 0.25) is 0 Å². The minimum Gasteiger partial charge on any atom is -0.267 e. The van der Waals surface area contributed by atoms with Gasteiger partial charge in [-0.2, -0.15) is 10.1 Å². The van der Waals surface area contributed by atoms with Crippen LogP contribution >= 0.6 is 24.0 Å². The van der Waals surface area contributed by atoms with Gasteiger partial charge in [-0.05, 0) is 81.4 Å². The van der Waals surface area contributed by atoms with Crippen LogP contribution in [-0.2, 0) is 4.79 Å². The molecular weight excluding hydrogens is 512 g/mol. The number of thiocarbonyl (C=S) groups is 1. The van der Waals surface area contributed by atoms with Crippen LogP contribution in [0.25, 0.3) is 23.0 Å². The van der Waals surface area contributed by atoms with E-state index < -0.39 is 5.91 Å². The molecule has 0 aliphatic carbocycles. The van der Waals surface area contributed by atoms with E-state index in [2.05, 4.69) is 38.3 Å². The van der Waals surface area contributed by atoms with Crippen LogP contribution < -0.4 is 5.43 Å². The Balaban J connectivity index is 1.52. The zero-order valence-electron chi connectivity index (χ0n) is 21.5. The highest BCUT2D eigenvalue weighted by atomic mass is 32.2. The zero-order chi connectivity index (χ0) is 27.0. The van der Waals surface area contributed by atoms with Crippen molar-refractivity contribution in [1.29, 1.82) is 0 Å². The van der Waals surface area contributed by atoms with Crippen LogP contribution in [-0.4, -0.2) is 30.9 Å². The summed E-state index contributed by atoms with van der Waals surface area (Å²) in [6, 6.07) is 21.2. The molecule has 3 aromatic carbocycles. The smallest absolute Gasteiger partial charge is 0.267 e. The van der Waals surface area contributed by atoms with E-state index in [1.54, 1.807) is 18.2 Å². The van der Waals surface area contributed by atoms with Crippen molar-refractivity contribution in [2.45, 2.75) is 27.7 Å². The second kappa shape index (κ2) is 10.4. The summed E-state index contributed by atoms with van der Waals surface area (Å²) < 4.78 is 2.08. The van der Waals surface area contributed by atoms with Crippen LogP contribution in [0.15, 0.2) is 77.8 Å². The lowest BCUT2D eigenvalue weighted by molar-refractivity contribution is -0.123. The predicted molar refractivity (Wildman–Crippen MR) is 157 cm³/mol. The van der Waals surface area contributed by atoms with E-state index >= 15 is 0 Å². The third kappa shape index (κ3) is 5.05. The lowest BCUT2D eigenvalue weighted by atomic mass is 9.95. The number of hydrogen-bond acceptors (Lipinski definition) is 5. The number of rotatable bonds is 5. The maximum Gasteiger partial charge on any atom is 0.285 e. The quantitative estimate of drug-likeness (QED) is 0.238. The lowest BCUT2D eigenvalue weighted by Crippen LogP contribution is -2.44. The Labute approximate surface area is 231 Å². The highest BCUT2D eigenvalue weighted by Gasteiger charge is 2.34. The van der Waals surface area contributed by atoms with Crippen LogP contribution in [0.3, 0.4) is 0 Å². The summed E-state index contributed by atoms with van der Waals surface area (Å²) >= 11 is 6.61. The third-order valence-electron chi connectivity index (χ3n) is 6.28. The molecule has 1 aliphatic rings. The van der Waals surface area contributed by atoms with Crippen molar-refractivity contribution >= 4 is 46.2 Å². The molecular formula is C30H26N4O2S2. The van der Waals surface area contributed by atoms with Crippen molar-refractivity contribution in [1.82, 2.24) is 20.2 Å². The predicted octanol–water partition coefficient (Wildman–Crippen LogP) is 6.32. The summed E-state index contributed by atoms with van der Waals surface area (Å²) in [5, 5.41) is 6.07. The number of aromatic nitrogens is 2. The number of aryl methyl sites for hydroxylation is 4. The summed E-state index contributed by atoms with van der Waals surface area (Å²) in [6.07, 6.45) is 3.72. The molecule has 1 saturated heterocycles. The standard InChI is InChI=1S/C30H26N4O2S2/c1-18-10-12-22(13-11-18)28(35)32-34-29(36)25(38-30(34)37)16-23-17-33(24-8-6-5-7-9-24)31-27(23)26-20(3)14-19(2)15-21(26)4/h5-17H,1-4H3,(H,32,35)/b25-16+. The number of nitrogens with one attached hydrogen (secondary N) is 1. The summed E-state index contributed by atoms with van der Waals surface area (Å²) in [5.74, 6) is -0.776. The Bertz CT molecular complexity index is 1580. The summed E-state index contributed by atoms with van der Waals surface area (Å²) in [5.41, 5.74) is 11.0. The van der Waals surface area contributed by atoms with Gasteiger partial charge in [0.1, 0.15) is 5.69 Å². The van der Waals surface area contributed by atoms with Crippen molar-refractivity contribution in [2.75, 3.05) is 0 Å².